The Morgan fingerprint density at radius 1 is 1.33 bits per heavy atom. The summed E-state index contributed by atoms with van der Waals surface area (Å²) in [4.78, 5) is 0. The lowest BCUT2D eigenvalue weighted by Crippen LogP contribution is -2.40. The predicted octanol–water partition coefficient (Wildman–Crippen LogP) is 1.10. The number of aliphatic hydroxyl groups is 1. The zero-order valence-electron chi connectivity index (χ0n) is 8.89. The van der Waals surface area contributed by atoms with Gasteiger partial charge in [-0.1, -0.05) is 30.3 Å². The molecule has 1 heterocycles. The number of aliphatic hydroxyl groups excluding tert-OH is 1. The fourth-order valence-electron chi connectivity index (χ4n) is 1.86. The highest BCUT2D eigenvalue weighted by molar-refractivity contribution is 5.18. The van der Waals surface area contributed by atoms with Crippen molar-refractivity contribution in [1.29, 1.82) is 0 Å². The average molecular weight is 207 g/mol. The molecule has 3 heteroatoms. The van der Waals surface area contributed by atoms with E-state index in [1.807, 2.05) is 18.2 Å². The summed E-state index contributed by atoms with van der Waals surface area (Å²) in [5.41, 5.74) is 1.23. The number of benzene rings is 1. The van der Waals surface area contributed by atoms with E-state index in [1.54, 1.807) is 0 Å². The zero-order valence-corrected chi connectivity index (χ0v) is 8.89. The van der Waals surface area contributed by atoms with Crippen molar-refractivity contribution in [3.8, 4) is 0 Å². The van der Waals surface area contributed by atoms with Crippen molar-refractivity contribution >= 4 is 0 Å². The molecule has 1 aromatic rings. The molecule has 3 atom stereocenters. The molecule has 82 valence electrons. The SMILES string of the molecule is C[C@@H](N[C@H]1COC[C@@H]1O)c1ccccc1. The topological polar surface area (TPSA) is 41.5 Å². The maximum atomic E-state index is 9.60. The molecular formula is C12H17NO2. The van der Waals surface area contributed by atoms with Crippen LogP contribution < -0.4 is 5.32 Å². The van der Waals surface area contributed by atoms with Crippen LogP contribution in [-0.2, 0) is 4.74 Å². The van der Waals surface area contributed by atoms with Gasteiger partial charge in [0.25, 0.3) is 0 Å². The van der Waals surface area contributed by atoms with Gasteiger partial charge in [-0.2, -0.15) is 0 Å². The Labute approximate surface area is 90.1 Å². The first-order valence-corrected chi connectivity index (χ1v) is 5.34. The minimum atomic E-state index is -0.379. The maximum absolute atomic E-state index is 9.60. The van der Waals surface area contributed by atoms with Crippen LogP contribution in [0.5, 0.6) is 0 Å². The lowest BCUT2D eigenvalue weighted by Gasteiger charge is -2.20. The van der Waals surface area contributed by atoms with Crippen molar-refractivity contribution in [2.45, 2.75) is 25.1 Å². The summed E-state index contributed by atoms with van der Waals surface area (Å²) in [6.45, 7) is 3.14. The van der Waals surface area contributed by atoms with E-state index in [-0.39, 0.29) is 18.2 Å². The van der Waals surface area contributed by atoms with Crippen LogP contribution in [0, 0.1) is 0 Å². The standard InChI is InChI=1S/C12H17NO2/c1-9(10-5-3-2-4-6-10)13-11-7-15-8-12(11)14/h2-6,9,11-14H,7-8H2,1H3/t9-,11+,12+/m1/s1. The van der Waals surface area contributed by atoms with Gasteiger partial charge in [0, 0.05) is 6.04 Å². The van der Waals surface area contributed by atoms with E-state index in [2.05, 4.69) is 24.4 Å². The van der Waals surface area contributed by atoms with Gasteiger partial charge in [-0.15, -0.1) is 0 Å². The monoisotopic (exact) mass is 207 g/mol. The molecule has 3 nitrogen and oxygen atoms in total. The molecule has 0 aromatic heterocycles. The van der Waals surface area contributed by atoms with Crippen molar-refractivity contribution in [3.63, 3.8) is 0 Å². The smallest absolute Gasteiger partial charge is 0.0948 e. The van der Waals surface area contributed by atoms with Gasteiger partial charge in [-0.05, 0) is 12.5 Å². The van der Waals surface area contributed by atoms with Gasteiger partial charge >= 0.3 is 0 Å². The molecule has 1 fully saturated rings. The van der Waals surface area contributed by atoms with Crippen LogP contribution in [0.2, 0.25) is 0 Å². The summed E-state index contributed by atoms with van der Waals surface area (Å²) >= 11 is 0. The van der Waals surface area contributed by atoms with Crippen LogP contribution in [0.25, 0.3) is 0 Å². The molecule has 1 saturated heterocycles. The predicted molar refractivity (Wildman–Crippen MR) is 58.6 cm³/mol. The van der Waals surface area contributed by atoms with E-state index >= 15 is 0 Å². The lowest BCUT2D eigenvalue weighted by molar-refractivity contribution is 0.121. The minimum Gasteiger partial charge on any atom is -0.389 e. The van der Waals surface area contributed by atoms with E-state index in [1.165, 1.54) is 5.56 Å². The minimum absolute atomic E-state index is 0.0557. The van der Waals surface area contributed by atoms with Crippen molar-refractivity contribution in [3.05, 3.63) is 35.9 Å². The Kier molecular flexibility index (Phi) is 3.36. The third kappa shape index (κ3) is 2.56. The molecule has 1 aliphatic rings. The molecule has 2 N–H and O–H groups in total. The summed E-state index contributed by atoms with van der Waals surface area (Å²) in [6.07, 6.45) is -0.379. The molecule has 0 bridgehead atoms. The molecule has 2 rings (SSSR count). The molecule has 0 radical (unpaired) electrons. The Morgan fingerprint density at radius 2 is 2.07 bits per heavy atom. The van der Waals surface area contributed by atoms with Gasteiger partial charge in [0.2, 0.25) is 0 Å². The second-order valence-corrected chi connectivity index (χ2v) is 4.01. The summed E-state index contributed by atoms with van der Waals surface area (Å²) in [7, 11) is 0. The van der Waals surface area contributed by atoms with E-state index < -0.39 is 0 Å². The molecule has 0 saturated carbocycles. The molecule has 1 aliphatic heterocycles. The van der Waals surface area contributed by atoms with Gasteiger partial charge in [0.05, 0.1) is 25.4 Å². The van der Waals surface area contributed by atoms with Gasteiger partial charge in [0.1, 0.15) is 0 Å². The van der Waals surface area contributed by atoms with E-state index in [9.17, 15) is 5.11 Å². The Hall–Kier alpha value is -0.900. The van der Waals surface area contributed by atoms with Crippen molar-refractivity contribution in [2.75, 3.05) is 13.2 Å². The number of nitrogens with one attached hydrogen (secondary N) is 1. The van der Waals surface area contributed by atoms with E-state index in [4.69, 9.17) is 4.74 Å². The second kappa shape index (κ2) is 4.75. The van der Waals surface area contributed by atoms with Gasteiger partial charge in [0.15, 0.2) is 0 Å². The highest BCUT2D eigenvalue weighted by atomic mass is 16.5. The van der Waals surface area contributed by atoms with E-state index in [0.29, 0.717) is 13.2 Å². The fourth-order valence-corrected chi connectivity index (χ4v) is 1.86. The summed E-state index contributed by atoms with van der Waals surface area (Å²) in [5.74, 6) is 0. The van der Waals surface area contributed by atoms with Crippen molar-refractivity contribution in [1.82, 2.24) is 5.32 Å². The van der Waals surface area contributed by atoms with Crippen LogP contribution in [0.3, 0.4) is 0 Å². The van der Waals surface area contributed by atoms with Crippen molar-refractivity contribution < 1.29 is 9.84 Å². The third-order valence-corrected chi connectivity index (χ3v) is 2.81. The molecule has 0 aliphatic carbocycles. The second-order valence-electron chi connectivity index (χ2n) is 4.01. The number of rotatable bonds is 3. The normalized spacial score (nSPS) is 27.9. The summed E-state index contributed by atoms with van der Waals surface area (Å²) in [5, 5.41) is 13.0. The van der Waals surface area contributed by atoms with Gasteiger partial charge in [-0.3, -0.25) is 0 Å². The number of ether oxygens (including phenoxy) is 1. The first kappa shape index (κ1) is 10.6. The van der Waals surface area contributed by atoms with Crippen LogP contribution in [0.1, 0.15) is 18.5 Å². The van der Waals surface area contributed by atoms with Gasteiger partial charge < -0.3 is 15.2 Å². The van der Waals surface area contributed by atoms with Crippen LogP contribution in [-0.4, -0.2) is 30.5 Å². The maximum Gasteiger partial charge on any atom is 0.0948 e. The zero-order chi connectivity index (χ0) is 10.7. The summed E-state index contributed by atoms with van der Waals surface area (Å²) < 4.78 is 5.19. The van der Waals surface area contributed by atoms with Crippen LogP contribution >= 0.6 is 0 Å². The number of hydrogen-bond donors (Lipinski definition) is 2. The average Bonchev–Trinajstić information content (AvgIpc) is 2.66. The quantitative estimate of drug-likeness (QED) is 0.779. The molecule has 15 heavy (non-hydrogen) atoms. The Bertz CT molecular complexity index is 302. The van der Waals surface area contributed by atoms with E-state index in [0.717, 1.165) is 0 Å². The first-order chi connectivity index (χ1) is 7.27. The first-order valence-electron chi connectivity index (χ1n) is 5.34. The van der Waals surface area contributed by atoms with Crippen LogP contribution in [0.15, 0.2) is 30.3 Å². The third-order valence-electron chi connectivity index (χ3n) is 2.81. The largest absolute Gasteiger partial charge is 0.389 e. The highest BCUT2D eigenvalue weighted by Crippen LogP contribution is 2.15. The van der Waals surface area contributed by atoms with Gasteiger partial charge in [-0.25, -0.2) is 0 Å². The fraction of sp³-hybridized carbons (Fsp3) is 0.500. The molecule has 0 unspecified atom stereocenters. The number of hydrogen-bond acceptors (Lipinski definition) is 3. The molecule has 0 amide bonds. The van der Waals surface area contributed by atoms with Crippen LogP contribution in [0.4, 0.5) is 0 Å². The summed E-state index contributed by atoms with van der Waals surface area (Å²) in [6, 6.07) is 10.5. The Balaban J connectivity index is 1.95. The molecule has 1 aromatic carbocycles. The lowest BCUT2D eigenvalue weighted by atomic mass is 10.1. The highest BCUT2D eigenvalue weighted by Gasteiger charge is 2.27. The Morgan fingerprint density at radius 3 is 2.67 bits per heavy atom. The molecular weight excluding hydrogens is 190 g/mol. The van der Waals surface area contributed by atoms with Crippen molar-refractivity contribution in [2.24, 2.45) is 0 Å². The molecule has 0 spiro atoms.